The van der Waals surface area contributed by atoms with Crippen LogP contribution in [0.3, 0.4) is 0 Å². The van der Waals surface area contributed by atoms with Crippen LogP contribution in [0.15, 0.2) is 231 Å². The molecule has 0 N–H and O–H groups in total. The van der Waals surface area contributed by atoms with Crippen LogP contribution in [0.2, 0.25) is 0 Å². The molecule has 0 aliphatic rings. The van der Waals surface area contributed by atoms with E-state index in [1.165, 1.54) is 80.4 Å². The van der Waals surface area contributed by atoms with E-state index >= 15 is 0 Å². The van der Waals surface area contributed by atoms with Crippen LogP contribution in [0.4, 0.5) is 8.78 Å². The van der Waals surface area contributed by atoms with Gasteiger partial charge in [-0.3, -0.25) is 0 Å². The minimum Gasteiger partial charge on any atom is -1.00 e. The average molecular weight is 947 g/mol. The second-order valence-electron chi connectivity index (χ2n) is 11.1. The van der Waals surface area contributed by atoms with Crippen LogP contribution in [0.1, 0.15) is 0 Å². The number of halogens is 3. The van der Waals surface area contributed by atoms with E-state index in [1.54, 1.807) is 0 Å². The van der Waals surface area contributed by atoms with Gasteiger partial charge >= 0.3 is 22.4 Å². The molecule has 6 heteroatoms. The Labute approximate surface area is 343 Å². The van der Waals surface area contributed by atoms with Gasteiger partial charge in [0.15, 0.2) is 0 Å². The molecule has 272 valence electrons. The molecule has 0 heterocycles. The van der Waals surface area contributed by atoms with Crippen LogP contribution in [0, 0.1) is 23.8 Å². The molecule has 0 fully saturated rings. The molecular formula is C48H38AuClF2P2. The molecule has 0 atom stereocenters. The van der Waals surface area contributed by atoms with Gasteiger partial charge in [-0.05, 0) is 47.7 Å². The zero-order valence-electron chi connectivity index (χ0n) is 29.3. The van der Waals surface area contributed by atoms with Crippen LogP contribution in [0.5, 0.6) is 0 Å². The summed E-state index contributed by atoms with van der Waals surface area (Å²) in [5.41, 5.74) is 0. The number of rotatable bonds is 6. The van der Waals surface area contributed by atoms with Gasteiger partial charge < -0.3 is 12.4 Å². The van der Waals surface area contributed by atoms with Gasteiger partial charge in [-0.25, -0.2) is 8.78 Å². The van der Waals surface area contributed by atoms with E-state index < -0.39 is 15.8 Å². The van der Waals surface area contributed by atoms with Crippen LogP contribution < -0.4 is 44.2 Å². The van der Waals surface area contributed by atoms with Crippen LogP contribution in [-0.4, -0.2) is 0 Å². The molecule has 0 radical (unpaired) electrons. The van der Waals surface area contributed by atoms with Gasteiger partial charge in [0.1, 0.15) is 0 Å². The molecule has 54 heavy (non-hydrogen) atoms. The Hall–Kier alpha value is -4.49. The normalized spacial score (nSPS) is 9.70. The SMILES string of the molecule is Fc1cc[c-]cc1.Fc1cc[c-]cc1.[Au+3].[Cl-].c1ccc(P(c2ccccc2)c2ccccc2)cc1.c1ccc(P(c2ccccc2)c2ccccc2)cc1. The van der Waals surface area contributed by atoms with Gasteiger partial charge in [-0.15, -0.1) is 24.3 Å². The number of hydrogen-bond acceptors (Lipinski definition) is 0. The molecule has 0 spiro atoms. The molecule has 8 rings (SSSR count). The van der Waals surface area contributed by atoms with Crippen molar-refractivity contribution < 1.29 is 43.6 Å². The molecule has 0 nitrogen and oxygen atoms in total. The van der Waals surface area contributed by atoms with Gasteiger partial charge in [-0.2, -0.15) is 36.4 Å². The molecule has 0 bridgehead atoms. The third-order valence-corrected chi connectivity index (χ3v) is 12.3. The molecule has 0 aliphatic heterocycles. The largest absolute Gasteiger partial charge is 3.00 e. The van der Waals surface area contributed by atoms with Crippen molar-refractivity contribution in [3.63, 3.8) is 0 Å². The molecule has 8 aromatic carbocycles. The molecule has 0 unspecified atom stereocenters. The van der Waals surface area contributed by atoms with Gasteiger partial charge in [0.2, 0.25) is 0 Å². The summed E-state index contributed by atoms with van der Waals surface area (Å²) in [5.74, 6) is -0.419. The zero-order chi connectivity index (χ0) is 36.1. The summed E-state index contributed by atoms with van der Waals surface area (Å²) in [6, 6.07) is 81.6. The Balaban J connectivity index is 0.000000210. The third-order valence-electron chi connectivity index (χ3n) is 7.44. The molecule has 0 saturated heterocycles. The van der Waals surface area contributed by atoms with E-state index in [1.807, 2.05) is 0 Å². The van der Waals surface area contributed by atoms with Crippen molar-refractivity contribution in [2.75, 3.05) is 0 Å². The maximum Gasteiger partial charge on any atom is 3.00 e. The topological polar surface area (TPSA) is 0 Å². The first-order chi connectivity index (χ1) is 25.7. The standard InChI is InChI=1S/2C18H15P.2C6H4F.Au.ClH/c2*1-4-10-16(11-5-1)19(17-12-6-2-7-13-17)18-14-8-3-9-15-18;2*7-6-4-2-1-3-5-6;;/h2*1-15H;2*2-5H;;1H/q;;2*-1;+3;/p-1. The van der Waals surface area contributed by atoms with Crippen molar-refractivity contribution in [3.05, 3.63) is 254 Å². The fraction of sp³-hybridized carbons (Fsp3) is 0. The molecule has 0 saturated carbocycles. The Morgan fingerprint density at radius 2 is 0.444 bits per heavy atom. The van der Waals surface area contributed by atoms with Gasteiger partial charge in [0.05, 0.1) is 0 Å². The molecule has 0 amide bonds. The number of hydrogen-bond donors (Lipinski definition) is 0. The Kier molecular flexibility index (Phi) is 20.7. The molecular weight excluding hydrogens is 909 g/mol. The Morgan fingerprint density at radius 1 is 0.278 bits per heavy atom. The first-order valence-corrected chi connectivity index (χ1v) is 19.5. The summed E-state index contributed by atoms with van der Waals surface area (Å²) >= 11 is 0. The Morgan fingerprint density at radius 3 is 0.574 bits per heavy atom. The first kappa shape index (κ1) is 43.9. The zero-order valence-corrected chi connectivity index (χ0v) is 34.0. The fourth-order valence-corrected chi connectivity index (χ4v) is 9.70. The molecule has 8 aromatic rings. The minimum atomic E-state index is -0.446. The second-order valence-corrected chi connectivity index (χ2v) is 15.6. The molecule has 0 aliphatic carbocycles. The van der Waals surface area contributed by atoms with E-state index in [-0.39, 0.29) is 46.4 Å². The van der Waals surface area contributed by atoms with Crippen LogP contribution in [-0.2, 0) is 22.4 Å². The summed E-state index contributed by atoms with van der Waals surface area (Å²) in [6.07, 6.45) is 0. The van der Waals surface area contributed by atoms with E-state index in [0.29, 0.717) is 0 Å². The van der Waals surface area contributed by atoms with E-state index in [2.05, 4.69) is 194 Å². The monoisotopic (exact) mass is 946 g/mol. The summed E-state index contributed by atoms with van der Waals surface area (Å²) in [5, 5.41) is 8.39. The quantitative estimate of drug-likeness (QED) is 0.0946. The van der Waals surface area contributed by atoms with E-state index in [9.17, 15) is 8.78 Å². The second kappa shape index (κ2) is 25.5. The van der Waals surface area contributed by atoms with Gasteiger partial charge in [0.25, 0.3) is 0 Å². The summed E-state index contributed by atoms with van der Waals surface area (Å²) in [6.45, 7) is 0. The summed E-state index contributed by atoms with van der Waals surface area (Å²) in [4.78, 5) is 0. The van der Waals surface area contributed by atoms with Gasteiger partial charge in [-0.1, -0.05) is 182 Å². The fourth-order valence-electron chi connectivity index (χ4n) is 5.09. The van der Waals surface area contributed by atoms with Crippen molar-refractivity contribution in [1.29, 1.82) is 0 Å². The van der Waals surface area contributed by atoms with Crippen molar-refractivity contribution in [1.82, 2.24) is 0 Å². The predicted octanol–water partition coefficient (Wildman–Crippen LogP) is 7.14. The van der Waals surface area contributed by atoms with Gasteiger partial charge in [0, 0.05) is 11.6 Å². The van der Waals surface area contributed by atoms with Crippen molar-refractivity contribution in [2.24, 2.45) is 0 Å². The maximum atomic E-state index is 11.9. The predicted molar refractivity (Wildman–Crippen MR) is 221 cm³/mol. The van der Waals surface area contributed by atoms with Crippen molar-refractivity contribution in [2.45, 2.75) is 0 Å². The Bertz CT molecular complexity index is 1740. The first-order valence-electron chi connectivity index (χ1n) is 16.8. The minimum absolute atomic E-state index is 0. The smallest absolute Gasteiger partial charge is 1.00 e. The maximum absolute atomic E-state index is 11.9. The van der Waals surface area contributed by atoms with E-state index in [0.717, 1.165) is 0 Å². The van der Waals surface area contributed by atoms with Crippen LogP contribution >= 0.6 is 15.8 Å². The number of benzene rings is 8. The van der Waals surface area contributed by atoms with Crippen molar-refractivity contribution >= 4 is 47.7 Å². The van der Waals surface area contributed by atoms with Crippen LogP contribution in [0.25, 0.3) is 0 Å². The molecule has 0 aromatic heterocycles. The van der Waals surface area contributed by atoms with E-state index in [4.69, 9.17) is 0 Å². The average Bonchev–Trinajstić information content (AvgIpc) is 3.22. The summed E-state index contributed by atoms with van der Waals surface area (Å²) in [7, 11) is -0.892. The third kappa shape index (κ3) is 14.7. The summed E-state index contributed by atoms with van der Waals surface area (Å²) < 4.78 is 23.8. The van der Waals surface area contributed by atoms with Crippen molar-refractivity contribution in [3.8, 4) is 0 Å².